The van der Waals surface area contributed by atoms with Crippen LogP contribution in [0.15, 0.2) is 12.1 Å². The molecule has 0 spiro atoms. The number of hydrogen-bond acceptors (Lipinski definition) is 6. The van der Waals surface area contributed by atoms with Gasteiger partial charge >= 0.3 is 0 Å². The van der Waals surface area contributed by atoms with Crippen molar-refractivity contribution in [3.8, 4) is 17.2 Å². The predicted molar refractivity (Wildman–Crippen MR) is 155 cm³/mol. The Morgan fingerprint density at radius 2 is 1.35 bits per heavy atom. The highest BCUT2D eigenvalue weighted by Gasteiger charge is 2.42. The number of carbonyl (C=O) groups excluding carboxylic acids is 3. The van der Waals surface area contributed by atoms with Gasteiger partial charge in [0.25, 0.3) is 0 Å². The van der Waals surface area contributed by atoms with Crippen molar-refractivity contribution in [1.29, 1.82) is 0 Å². The van der Waals surface area contributed by atoms with E-state index >= 15 is 0 Å². The highest BCUT2D eigenvalue weighted by Crippen LogP contribution is 2.38. The maximum atomic E-state index is 13.3. The minimum Gasteiger partial charge on any atom is -0.493 e. The number of nitrogens with one attached hydrogen (secondary N) is 1. The summed E-state index contributed by atoms with van der Waals surface area (Å²) in [6.07, 6.45) is 16.6. The molecule has 1 aromatic rings. The average Bonchev–Trinajstić information content (AvgIpc) is 3.30. The molecule has 4 rings (SSSR count). The number of hydrogen-bond donors (Lipinski definition) is 2. The Morgan fingerprint density at radius 1 is 0.825 bits per heavy atom. The van der Waals surface area contributed by atoms with Gasteiger partial charge in [-0.2, -0.15) is 0 Å². The molecule has 0 bridgehead atoms. The van der Waals surface area contributed by atoms with Gasteiger partial charge in [-0.1, -0.05) is 64.2 Å². The van der Waals surface area contributed by atoms with Crippen LogP contribution in [0.2, 0.25) is 0 Å². The number of rotatable bonds is 8. The maximum Gasteiger partial charge on any atom is 0.243 e. The van der Waals surface area contributed by atoms with Crippen LogP contribution in [-0.4, -0.2) is 62.1 Å². The van der Waals surface area contributed by atoms with Gasteiger partial charge < -0.3 is 30.2 Å². The molecule has 3 N–H and O–H groups in total. The molecule has 9 heteroatoms. The molecule has 1 aliphatic heterocycles. The Labute approximate surface area is 239 Å². The number of nitrogens with two attached hydrogens (primary N) is 1. The first-order chi connectivity index (χ1) is 19.3. The fraction of sp³-hybridized carbons (Fsp3) is 0.710. The second kappa shape index (κ2) is 15.7. The van der Waals surface area contributed by atoms with Crippen molar-refractivity contribution in [3.63, 3.8) is 0 Å². The third kappa shape index (κ3) is 8.27. The lowest BCUT2D eigenvalue weighted by Gasteiger charge is -2.40. The van der Waals surface area contributed by atoms with E-state index in [4.69, 9.17) is 19.9 Å². The number of carbonyl (C=O) groups is 3. The minimum absolute atomic E-state index is 0.0848. The Morgan fingerprint density at radius 3 is 1.82 bits per heavy atom. The maximum absolute atomic E-state index is 13.3. The Balaban J connectivity index is 0.000000547. The fourth-order valence-electron chi connectivity index (χ4n) is 6.16. The van der Waals surface area contributed by atoms with Crippen LogP contribution in [0.1, 0.15) is 102 Å². The van der Waals surface area contributed by atoms with Crippen LogP contribution < -0.4 is 25.3 Å². The quantitative estimate of drug-likeness (QED) is 0.447. The van der Waals surface area contributed by atoms with Crippen molar-refractivity contribution in [2.75, 3.05) is 27.9 Å². The second-order valence-electron chi connectivity index (χ2n) is 11.3. The first-order valence-electron chi connectivity index (χ1n) is 15.1. The minimum atomic E-state index is -1.02. The summed E-state index contributed by atoms with van der Waals surface area (Å²) in [6.45, 7) is 0.491. The van der Waals surface area contributed by atoms with Crippen molar-refractivity contribution >= 4 is 17.7 Å². The molecule has 0 radical (unpaired) electrons. The van der Waals surface area contributed by atoms with Crippen LogP contribution >= 0.6 is 0 Å². The number of amides is 3. The molecular formula is C31H49N3O6. The molecule has 1 unspecified atom stereocenters. The Bertz CT molecular complexity index is 947. The molecule has 1 atom stereocenters. The molecule has 40 heavy (non-hydrogen) atoms. The molecule has 224 valence electrons. The van der Waals surface area contributed by atoms with E-state index in [1.807, 2.05) is 0 Å². The number of benzene rings is 1. The molecule has 3 aliphatic rings. The van der Waals surface area contributed by atoms with E-state index in [1.165, 1.54) is 66.3 Å². The molecule has 1 saturated heterocycles. The lowest BCUT2D eigenvalue weighted by Crippen LogP contribution is -2.63. The Kier molecular flexibility index (Phi) is 12.4. The highest BCUT2D eigenvalue weighted by molar-refractivity contribution is 5.94. The number of methoxy groups -OCH3 is 3. The lowest BCUT2D eigenvalue weighted by molar-refractivity contribution is -0.144. The molecule has 3 fully saturated rings. The normalized spacial score (nSPS) is 20.7. The third-order valence-corrected chi connectivity index (χ3v) is 8.50. The van der Waals surface area contributed by atoms with Crippen LogP contribution in [0.4, 0.5) is 0 Å². The number of nitrogens with zero attached hydrogens (tertiary/aromatic N) is 1. The van der Waals surface area contributed by atoms with Gasteiger partial charge in [-0.25, -0.2) is 0 Å². The number of likely N-dealkylation sites (tertiary alicyclic amines) is 1. The van der Waals surface area contributed by atoms with Crippen LogP contribution in [0.3, 0.4) is 0 Å². The van der Waals surface area contributed by atoms with E-state index in [0.29, 0.717) is 48.6 Å². The summed E-state index contributed by atoms with van der Waals surface area (Å²) in [5.41, 5.74) is 5.37. The molecule has 1 heterocycles. The van der Waals surface area contributed by atoms with Crippen LogP contribution in [0, 0.1) is 0 Å². The molecule has 2 aliphatic carbocycles. The summed E-state index contributed by atoms with van der Waals surface area (Å²) < 4.78 is 16.1. The van der Waals surface area contributed by atoms with Crippen LogP contribution in [0.25, 0.3) is 0 Å². The number of ether oxygens (including phenoxy) is 3. The third-order valence-electron chi connectivity index (χ3n) is 8.50. The monoisotopic (exact) mass is 559 g/mol. The largest absolute Gasteiger partial charge is 0.493 e. The van der Waals surface area contributed by atoms with E-state index in [0.717, 1.165) is 32.1 Å². The summed E-state index contributed by atoms with van der Waals surface area (Å²) >= 11 is 0. The van der Waals surface area contributed by atoms with E-state index in [1.54, 1.807) is 17.0 Å². The molecular weight excluding hydrogens is 510 g/mol. The van der Waals surface area contributed by atoms with Crippen LogP contribution in [-0.2, 0) is 20.8 Å². The van der Waals surface area contributed by atoms with Gasteiger partial charge in [0.2, 0.25) is 23.5 Å². The zero-order valence-electron chi connectivity index (χ0n) is 24.7. The van der Waals surface area contributed by atoms with Gasteiger partial charge in [-0.3, -0.25) is 14.4 Å². The van der Waals surface area contributed by atoms with E-state index < -0.39 is 17.5 Å². The van der Waals surface area contributed by atoms with Crippen LogP contribution in [0.5, 0.6) is 17.2 Å². The van der Waals surface area contributed by atoms with Gasteiger partial charge in [0.15, 0.2) is 11.5 Å². The second-order valence-corrected chi connectivity index (χ2v) is 11.3. The molecule has 2 saturated carbocycles. The molecule has 1 aromatic carbocycles. The highest BCUT2D eigenvalue weighted by atomic mass is 16.5. The smallest absolute Gasteiger partial charge is 0.243 e. The Hall–Kier alpha value is -2.97. The van der Waals surface area contributed by atoms with Gasteiger partial charge in [-0.05, 0) is 49.8 Å². The van der Waals surface area contributed by atoms with Crippen molar-refractivity contribution in [1.82, 2.24) is 10.2 Å². The summed E-state index contributed by atoms with van der Waals surface area (Å²) in [6, 6.07) is 2.86. The predicted octanol–water partition coefficient (Wildman–Crippen LogP) is 4.67. The number of piperidine rings is 1. The lowest BCUT2D eigenvalue weighted by atomic mass is 9.80. The zero-order valence-corrected chi connectivity index (χ0v) is 24.7. The van der Waals surface area contributed by atoms with Gasteiger partial charge in [0.1, 0.15) is 11.6 Å². The standard InChI is InChI=1S/C24H35N3O6.C7H14/c1-31-18-13-16(14-19(32-2)21(18)33-3)15-20(28)27-12-8-5-9-17(27)22(29)26-24(23(25)30)10-6-4-7-11-24;1-2-4-6-7-5-3-1/h13-14,17H,4-12,15H2,1-3H3,(H2,25,30)(H,26,29);1-7H2. The SMILES string of the molecule is C1CCCCCC1.COc1cc(CC(=O)N2CCCCC2C(=O)NC2(C(N)=O)CCCCC2)cc(OC)c1OC. The van der Waals surface area contributed by atoms with Gasteiger partial charge in [0.05, 0.1) is 27.8 Å². The van der Waals surface area contributed by atoms with E-state index in [-0.39, 0.29) is 18.2 Å². The first-order valence-corrected chi connectivity index (χ1v) is 15.1. The van der Waals surface area contributed by atoms with Crippen molar-refractivity contribution in [2.24, 2.45) is 5.73 Å². The van der Waals surface area contributed by atoms with Crippen molar-refractivity contribution < 1.29 is 28.6 Å². The first kappa shape index (κ1) is 31.6. The van der Waals surface area contributed by atoms with Gasteiger partial charge in [0, 0.05) is 6.54 Å². The summed E-state index contributed by atoms with van der Waals surface area (Å²) in [7, 11) is 4.56. The average molecular weight is 560 g/mol. The van der Waals surface area contributed by atoms with Crippen molar-refractivity contribution in [2.45, 2.75) is 114 Å². The molecule has 3 amide bonds. The molecule has 0 aromatic heterocycles. The van der Waals surface area contributed by atoms with Crippen molar-refractivity contribution in [3.05, 3.63) is 17.7 Å². The topological polar surface area (TPSA) is 120 Å². The van der Waals surface area contributed by atoms with E-state index in [9.17, 15) is 14.4 Å². The fourth-order valence-corrected chi connectivity index (χ4v) is 6.16. The summed E-state index contributed by atoms with van der Waals surface area (Å²) in [5.74, 6) is 0.424. The number of primary amides is 1. The summed E-state index contributed by atoms with van der Waals surface area (Å²) in [5, 5.41) is 2.94. The van der Waals surface area contributed by atoms with Gasteiger partial charge in [-0.15, -0.1) is 0 Å². The summed E-state index contributed by atoms with van der Waals surface area (Å²) in [4.78, 5) is 40.4. The zero-order chi connectivity index (χ0) is 29.0. The van der Waals surface area contributed by atoms with E-state index in [2.05, 4.69) is 5.32 Å². The molecule has 9 nitrogen and oxygen atoms in total.